The van der Waals surface area contributed by atoms with Gasteiger partial charge in [-0.2, -0.15) is 0 Å². The Bertz CT molecular complexity index is 566. The lowest BCUT2D eigenvalue weighted by Gasteiger charge is -2.21. The molecule has 0 unspecified atom stereocenters. The molecule has 0 atom stereocenters. The number of hydrogen-bond donors (Lipinski definition) is 0. The van der Waals surface area contributed by atoms with Gasteiger partial charge < -0.3 is 4.90 Å². The van der Waals surface area contributed by atoms with E-state index in [1.165, 1.54) is 6.42 Å². The lowest BCUT2D eigenvalue weighted by Crippen LogP contribution is -2.21. The first-order valence-corrected chi connectivity index (χ1v) is 7.11. The van der Waals surface area contributed by atoms with Crippen LogP contribution in [-0.4, -0.2) is 28.5 Å². The molecule has 0 radical (unpaired) electrons. The molecule has 0 saturated heterocycles. The molecule has 0 N–H and O–H groups in total. The second-order valence-electron chi connectivity index (χ2n) is 5.07. The monoisotopic (exact) mass is 270 g/mol. The van der Waals surface area contributed by atoms with Gasteiger partial charge in [-0.05, 0) is 32.4 Å². The zero-order valence-electron chi connectivity index (χ0n) is 12.7. The minimum absolute atomic E-state index is 0.701. The van der Waals surface area contributed by atoms with E-state index in [4.69, 9.17) is 4.98 Å². The molecule has 0 spiro atoms. The maximum atomic E-state index is 4.71. The van der Waals surface area contributed by atoms with Gasteiger partial charge in [-0.15, -0.1) is 0 Å². The molecule has 4 heteroatoms. The first-order chi connectivity index (χ1) is 9.63. The fourth-order valence-corrected chi connectivity index (χ4v) is 2.10. The van der Waals surface area contributed by atoms with Crippen LogP contribution in [0.25, 0.3) is 11.5 Å². The molecule has 106 valence electrons. The molecule has 0 aliphatic heterocycles. The lowest BCUT2D eigenvalue weighted by atomic mass is 10.2. The van der Waals surface area contributed by atoms with E-state index in [0.717, 1.165) is 35.7 Å². The van der Waals surface area contributed by atoms with Gasteiger partial charge in [0.15, 0.2) is 5.82 Å². The molecular formula is C16H22N4. The highest BCUT2D eigenvalue weighted by atomic mass is 15.2. The van der Waals surface area contributed by atoms with Crippen LogP contribution in [0, 0.1) is 13.8 Å². The number of unbranched alkanes of at least 4 members (excludes halogenated alkanes) is 1. The Morgan fingerprint density at radius 3 is 2.60 bits per heavy atom. The van der Waals surface area contributed by atoms with Crippen molar-refractivity contribution in [3.63, 3.8) is 0 Å². The average Bonchev–Trinajstić information content (AvgIpc) is 2.48. The Hall–Kier alpha value is -1.97. The Kier molecular flexibility index (Phi) is 4.66. The van der Waals surface area contributed by atoms with E-state index in [0.29, 0.717) is 5.82 Å². The van der Waals surface area contributed by atoms with Crippen LogP contribution in [-0.2, 0) is 0 Å². The molecule has 0 saturated carbocycles. The summed E-state index contributed by atoms with van der Waals surface area (Å²) in [6, 6.07) is 5.81. The van der Waals surface area contributed by atoms with Crippen LogP contribution in [0.15, 0.2) is 24.4 Å². The summed E-state index contributed by atoms with van der Waals surface area (Å²) in [5.41, 5.74) is 2.98. The van der Waals surface area contributed by atoms with Gasteiger partial charge in [-0.3, -0.25) is 4.98 Å². The third-order valence-electron chi connectivity index (χ3n) is 3.47. The van der Waals surface area contributed by atoms with Crippen LogP contribution in [0.1, 0.15) is 31.0 Å². The third kappa shape index (κ3) is 3.13. The van der Waals surface area contributed by atoms with Crippen molar-refractivity contribution in [2.45, 2.75) is 33.6 Å². The van der Waals surface area contributed by atoms with Gasteiger partial charge in [0.1, 0.15) is 11.5 Å². The smallest absolute Gasteiger partial charge is 0.180 e. The maximum Gasteiger partial charge on any atom is 0.180 e. The molecule has 0 fully saturated rings. The van der Waals surface area contributed by atoms with Crippen molar-refractivity contribution < 1.29 is 0 Å². The number of anilines is 1. The van der Waals surface area contributed by atoms with Gasteiger partial charge in [0.2, 0.25) is 0 Å². The maximum absolute atomic E-state index is 4.71. The quantitative estimate of drug-likeness (QED) is 0.835. The summed E-state index contributed by atoms with van der Waals surface area (Å²) in [6.45, 7) is 7.32. The average molecular weight is 270 g/mol. The molecule has 2 rings (SSSR count). The molecule has 4 nitrogen and oxygen atoms in total. The summed E-state index contributed by atoms with van der Waals surface area (Å²) < 4.78 is 0. The topological polar surface area (TPSA) is 41.9 Å². The first kappa shape index (κ1) is 14.4. The van der Waals surface area contributed by atoms with E-state index in [9.17, 15) is 0 Å². The largest absolute Gasteiger partial charge is 0.359 e. The molecule has 2 aromatic rings. The fourth-order valence-electron chi connectivity index (χ4n) is 2.10. The zero-order chi connectivity index (χ0) is 14.5. The molecule has 0 aliphatic carbocycles. The van der Waals surface area contributed by atoms with Crippen LogP contribution in [0.5, 0.6) is 0 Å². The van der Waals surface area contributed by atoms with Gasteiger partial charge in [0.05, 0.1) is 0 Å². The number of hydrogen-bond acceptors (Lipinski definition) is 4. The van der Waals surface area contributed by atoms with Crippen molar-refractivity contribution >= 4 is 5.82 Å². The Morgan fingerprint density at radius 2 is 1.95 bits per heavy atom. The summed E-state index contributed by atoms with van der Waals surface area (Å²) in [7, 11) is 2.09. The van der Waals surface area contributed by atoms with Gasteiger partial charge >= 0.3 is 0 Å². The van der Waals surface area contributed by atoms with Gasteiger partial charge in [0, 0.05) is 31.0 Å². The summed E-state index contributed by atoms with van der Waals surface area (Å²) in [5.74, 6) is 1.71. The highest BCUT2D eigenvalue weighted by Crippen LogP contribution is 2.22. The van der Waals surface area contributed by atoms with Crippen molar-refractivity contribution in [1.29, 1.82) is 0 Å². The van der Waals surface area contributed by atoms with E-state index >= 15 is 0 Å². The Labute approximate surface area is 120 Å². The van der Waals surface area contributed by atoms with Crippen LogP contribution < -0.4 is 4.90 Å². The van der Waals surface area contributed by atoms with E-state index in [2.05, 4.69) is 35.8 Å². The second-order valence-corrected chi connectivity index (χ2v) is 5.07. The fraction of sp³-hybridized carbons (Fsp3) is 0.438. The van der Waals surface area contributed by atoms with E-state index in [-0.39, 0.29) is 0 Å². The predicted molar refractivity (Wildman–Crippen MR) is 82.9 cm³/mol. The number of aryl methyl sites for hydroxylation is 1. The molecule has 0 amide bonds. The molecule has 20 heavy (non-hydrogen) atoms. The van der Waals surface area contributed by atoms with Crippen LogP contribution >= 0.6 is 0 Å². The van der Waals surface area contributed by atoms with Crippen LogP contribution in [0.3, 0.4) is 0 Å². The summed E-state index contributed by atoms with van der Waals surface area (Å²) in [4.78, 5) is 15.8. The van der Waals surface area contributed by atoms with Crippen molar-refractivity contribution in [2.75, 3.05) is 18.5 Å². The summed E-state index contributed by atoms with van der Waals surface area (Å²) in [5, 5.41) is 0. The molecule has 2 aromatic heterocycles. The second kappa shape index (κ2) is 6.46. The first-order valence-electron chi connectivity index (χ1n) is 7.11. The van der Waals surface area contributed by atoms with Crippen molar-refractivity contribution in [1.82, 2.24) is 15.0 Å². The zero-order valence-corrected chi connectivity index (χ0v) is 12.7. The van der Waals surface area contributed by atoms with Crippen LogP contribution in [0.4, 0.5) is 5.82 Å². The predicted octanol–water partition coefficient (Wildman–Crippen LogP) is 3.39. The molecule has 2 heterocycles. The van der Waals surface area contributed by atoms with Crippen molar-refractivity contribution in [3.8, 4) is 11.5 Å². The van der Waals surface area contributed by atoms with Crippen molar-refractivity contribution in [3.05, 3.63) is 35.7 Å². The van der Waals surface area contributed by atoms with E-state index < -0.39 is 0 Å². The van der Waals surface area contributed by atoms with E-state index in [1.807, 2.05) is 25.1 Å². The SMILES string of the molecule is CCCCN(C)c1nc(-c2ccccn2)nc(C)c1C. The lowest BCUT2D eigenvalue weighted by molar-refractivity contribution is 0.755. The minimum atomic E-state index is 0.701. The molecule has 0 aromatic carbocycles. The molecular weight excluding hydrogens is 248 g/mol. The third-order valence-corrected chi connectivity index (χ3v) is 3.47. The number of nitrogens with zero attached hydrogens (tertiary/aromatic N) is 4. The Balaban J connectivity index is 2.40. The number of pyridine rings is 1. The normalized spacial score (nSPS) is 10.6. The standard InChI is InChI=1S/C16H22N4/c1-5-6-11-20(4)16-12(2)13(3)18-15(19-16)14-9-7-8-10-17-14/h7-10H,5-6,11H2,1-4H3. The number of rotatable bonds is 5. The molecule has 0 aliphatic rings. The highest BCUT2D eigenvalue weighted by molar-refractivity contribution is 5.56. The number of aromatic nitrogens is 3. The highest BCUT2D eigenvalue weighted by Gasteiger charge is 2.13. The van der Waals surface area contributed by atoms with Gasteiger partial charge in [-0.1, -0.05) is 19.4 Å². The van der Waals surface area contributed by atoms with Crippen molar-refractivity contribution in [2.24, 2.45) is 0 Å². The summed E-state index contributed by atoms with van der Waals surface area (Å²) >= 11 is 0. The van der Waals surface area contributed by atoms with E-state index in [1.54, 1.807) is 6.20 Å². The van der Waals surface area contributed by atoms with Gasteiger partial charge in [-0.25, -0.2) is 9.97 Å². The minimum Gasteiger partial charge on any atom is -0.359 e. The Morgan fingerprint density at radius 1 is 1.15 bits per heavy atom. The van der Waals surface area contributed by atoms with Crippen LogP contribution in [0.2, 0.25) is 0 Å². The molecule has 0 bridgehead atoms. The van der Waals surface area contributed by atoms with Gasteiger partial charge in [0.25, 0.3) is 0 Å². The summed E-state index contributed by atoms with van der Waals surface area (Å²) in [6.07, 6.45) is 4.12.